The minimum atomic E-state index is -4.90. The molecule has 3 rings (SSSR count). The topological polar surface area (TPSA) is 96.0 Å². The molecule has 5 atom stereocenters. The zero-order chi connectivity index (χ0) is 18.6. The first-order valence-electron chi connectivity index (χ1n) is 7.55. The predicted molar refractivity (Wildman–Crippen MR) is 74.4 cm³/mol. The lowest BCUT2D eigenvalue weighted by Gasteiger charge is -2.24. The summed E-state index contributed by atoms with van der Waals surface area (Å²) in [6, 6.07) is 0. The van der Waals surface area contributed by atoms with Crippen LogP contribution in [0.4, 0.5) is 13.2 Å². The Labute approximate surface area is 141 Å². The van der Waals surface area contributed by atoms with Crippen molar-refractivity contribution >= 4 is 22.1 Å². The normalized spacial score (nSPS) is 34.8. The van der Waals surface area contributed by atoms with E-state index in [1.165, 1.54) is 0 Å². The molecule has 0 N–H and O–H groups in total. The first-order valence-corrected chi connectivity index (χ1v) is 9.02. The lowest BCUT2D eigenvalue weighted by atomic mass is 9.94. The third-order valence-electron chi connectivity index (χ3n) is 4.81. The minimum absolute atomic E-state index is 0.117. The maximum Gasteiger partial charge on any atom is 0.422 e. The molecule has 3 aliphatic rings. The van der Waals surface area contributed by atoms with Gasteiger partial charge in [-0.15, -0.1) is 0 Å². The van der Waals surface area contributed by atoms with E-state index in [1.54, 1.807) is 0 Å². The molecule has 0 radical (unpaired) electrons. The largest absolute Gasteiger partial charge is 0.461 e. The fraction of sp³-hybridized carbons (Fsp3) is 0.714. The Bertz CT molecular complexity index is 714. The molecule has 2 aliphatic carbocycles. The van der Waals surface area contributed by atoms with Crippen LogP contribution in [0.15, 0.2) is 12.2 Å². The number of carbonyl (C=O) groups excluding carboxylic acids is 2. The van der Waals surface area contributed by atoms with Crippen molar-refractivity contribution in [2.75, 3.05) is 6.61 Å². The van der Waals surface area contributed by atoms with E-state index in [0.717, 1.165) is 0 Å². The van der Waals surface area contributed by atoms with Gasteiger partial charge in [-0.25, -0.2) is 4.79 Å². The Hall–Kier alpha value is -1.62. The molecule has 7 nitrogen and oxygen atoms in total. The van der Waals surface area contributed by atoms with Crippen LogP contribution in [0.25, 0.3) is 0 Å². The third kappa shape index (κ3) is 3.26. The smallest absolute Gasteiger partial charge is 0.422 e. The van der Waals surface area contributed by atoms with E-state index < -0.39 is 64.3 Å². The molecule has 3 fully saturated rings. The fourth-order valence-electron chi connectivity index (χ4n) is 3.68. The summed E-state index contributed by atoms with van der Waals surface area (Å²) in [6.07, 6.45) is -5.80. The molecule has 0 amide bonds. The number of ether oxygens (including phenoxy) is 2. The molecule has 11 heteroatoms. The summed E-state index contributed by atoms with van der Waals surface area (Å²) in [5.41, 5.74) is -1.66. The van der Waals surface area contributed by atoms with Crippen LogP contribution < -0.4 is 0 Å². The molecule has 0 spiro atoms. The van der Waals surface area contributed by atoms with Gasteiger partial charge in [0.1, 0.15) is 24.4 Å². The van der Waals surface area contributed by atoms with Crippen LogP contribution in [-0.2, 0) is 33.4 Å². The number of hydrogen-bond donors (Lipinski definition) is 0. The van der Waals surface area contributed by atoms with Crippen LogP contribution in [0, 0.1) is 11.8 Å². The predicted octanol–water partition coefficient (Wildman–Crippen LogP) is 1.09. The van der Waals surface area contributed by atoms with Gasteiger partial charge < -0.3 is 9.47 Å². The second kappa shape index (κ2) is 5.97. The van der Waals surface area contributed by atoms with Gasteiger partial charge in [-0.05, 0) is 12.8 Å². The molecule has 5 unspecified atom stereocenters. The molecule has 0 aromatic carbocycles. The molecule has 1 heterocycles. The van der Waals surface area contributed by atoms with Gasteiger partial charge in [-0.3, -0.25) is 8.98 Å². The Morgan fingerprint density at radius 1 is 1.24 bits per heavy atom. The summed E-state index contributed by atoms with van der Waals surface area (Å²) in [4.78, 5) is 22.9. The Morgan fingerprint density at radius 2 is 1.92 bits per heavy atom. The van der Waals surface area contributed by atoms with E-state index >= 15 is 0 Å². The molecule has 1 aliphatic heterocycles. The fourth-order valence-corrected chi connectivity index (χ4v) is 5.57. The van der Waals surface area contributed by atoms with Gasteiger partial charge in [0.15, 0.2) is 0 Å². The van der Waals surface area contributed by atoms with Crippen LogP contribution in [0.3, 0.4) is 0 Å². The van der Waals surface area contributed by atoms with Crippen LogP contribution in [0.5, 0.6) is 0 Å². The zero-order valence-electron chi connectivity index (χ0n) is 12.8. The molecule has 1 saturated heterocycles. The first-order chi connectivity index (χ1) is 11.5. The van der Waals surface area contributed by atoms with Crippen LogP contribution in [-0.4, -0.2) is 50.6 Å². The van der Waals surface area contributed by atoms with Gasteiger partial charge >= 0.3 is 18.1 Å². The van der Waals surface area contributed by atoms with Crippen molar-refractivity contribution in [3.8, 4) is 0 Å². The SMILES string of the molecule is C=C(C(=O)OCCC(=O)OC1C2CC3C1OS(=O)(=O)C3C2)C(F)(F)F. The highest BCUT2D eigenvalue weighted by molar-refractivity contribution is 7.87. The van der Waals surface area contributed by atoms with Gasteiger partial charge in [0.2, 0.25) is 0 Å². The van der Waals surface area contributed by atoms with Gasteiger partial charge in [0, 0.05) is 11.8 Å². The van der Waals surface area contributed by atoms with E-state index in [1.807, 2.05) is 0 Å². The van der Waals surface area contributed by atoms with Gasteiger partial charge in [0.05, 0.1) is 11.7 Å². The monoisotopic (exact) mass is 384 g/mol. The lowest BCUT2D eigenvalue weighted by molar-refractivity contribution is -0.159. The number of alkyl halides is 3. The van der Waals surface area contributed by atoms with Gasteiger partial charge in [0.25, 0.3) is 10.1 Å². The molecule has 0 aromatic rings. The van der Waals surface area contributed by atoms with E-state index in [-0.39, 0.29) is 11.8 Å². The number of hydrogen-bond acceptors (Lipinski definition) is 7. The average Bonchev–Trinajstić information content (AvgIpc) is 3.09. The van der Waals surface area contributed by atoms with E-state index in [4.69, 9.17) is 8.92 Å². The number of carbonyl (C=O) groups is 2. The van der Waals surface area contributed by atoms with Gasteiger partial charge in [-0.1, -0.05) is 6.58 Å². The summed E-state index contributed by atoms with van der Waals surface area (Å²) in [5.74, 6) is -2.77. The Kier molecular flexibility index (Phi) is 4.34. The highest BCUT2D eigenvalue weighted by Crippen LogP contribution is 2.55. The molecular formula is C14H15F3O7S. The van der Waals surface area contributed by atoms with Crippen LogP contribution in [0.2, 0.25) is 0 Å². The second-order valence-corrected chi connectivity index (χ2v) is 8.09. The third-order valence-corrected chi connectivity index (χ3v) is 6.58. The van der Waals surface area contributed by atoms with E-state index in [0.29, 0.717) is 12.8 Å². The summed E-state index contributed by atoms with van der Waals surface area (Å²) in [6.45, 7) is 1.99. The molecule has 2 saturated carbocycles. The maximum absolute atomic E-state index is 12.2. The number of rotatable bonds is 5. The maximum atomic E-state index is 12.2. The summed E-state index contributed by atoms with van der Waals surface area (Å²) < 4.78 is 74.8. The number of halogens is 3. The van der Waals surface area contributed by atoms with Crippen LogP contribution >= 0.6 is 0 Å². The number of fused-ring (bicyclic) bond motifs is 1. The van der Waals surface area contributed by atoms with Crippen molar-refractivity contribution in [3.05, 3.63) is 12.2 Å². The van der Waals surface area contributed by atoms with Crippen molar-refractivity contribution < 1.29 is 44.8 Å². The van der Waals surface area contributed by atoms with Gasteiger partial charge in [-0.2, -0.15) is 21.6 Å². The standard InChI is InChI=1S/C14H15F3O7S/c1-6(14(15,16)17)13(19)22-3-2-10(18)23-11-7-4-8-9(5-7)25(20,21)24-12(8)11/h7-9,11-12H,1-5H2. The summed E-state index contributed by atoms with van der Waals surface area (Å²) in [5, 5.41) is -0.549. The van der Waals surface area contributed by atoms with E-state index in [9.17, 15) is 31.2 Å². The van der Waals surface area contributed by atoms with Crippen molar-refractivity contribution in [2.24, 2.45) is 11.8 Å². The summed E-state index contributed by atoms with van der Waals surface area (Å²) in [7, 11) is -3.63. The molecular weight excluding hydrogens is 369 g/mol. The highest BCUT2D eigenvalue weighted by Gasteiger charge is 2.65. The average molecular weight is 384 g/mol. The first kappa shape index (κ1) is 18.2. The molecule has 0 aromatic heterocycles. The number of esters is 2. The van der Waals surface area contributed by atoms with Crippen molar-refractivity contribution in [3.63, 3.8) is 0 Å². The Balaban J connectivity index is 1.47. The molecule has 2 bridgehead atoms. The van der Waals surface area contributed by atoms with Crippen molar-refractivity contribution in [1.82, 2.24) is 0 Å². The second-order valence-electron chi connectivity index (χ2n) is 6.30. The lowest BCUT2D eigenvalue weighted by Crippen LogP contribution is -2.37. The molecule has 140 valence electrons. The highest BCUT2D eigenvalue weighted by atomic mass is 32.2. The molecule has 25 heavy (non-hydrogen) atoms. The van der Waals surface area contributed by atoms with Crippen molar-refractivity contribution in [1.29, 1.82) is 0 Å². The van der Waals surface area contributed by atoms with E-state index in [2.05, 4.69) is 11.3 Å². The minimum Gasteiger partial charge on any atom is -0.461 e. The Morgan fingerprint density at radius 3 is 2.56 bits per heavy atom. The summed E-state index contributed by atoms with van der Waals surface area (Å²) >= 11 is 0. The van der Waals surface area contributed by atoms with Crippen LogP contribution in [0.1, 0.15) is 19.3 Å². The quantitative estimate of drug-likeness (QED) is 0.398. The zero-order valence-corrected chi connectivity index (χ0v) is 13.6. The van der Waals surface area contributed by atoms with Crippen molar-refractivity contribution in [2.45, 2.75) is 42.9 Å².